The molecular formula is C24H37N3O2. The predicted molar refractivity (Wildman–Crippen MR) is 117 cm³/mol. The molecular weight excluding hydrogens is 362 g/mol. The van der Waals surface area contributed by atoms with E-state index in [0.29, 0.717) is 12.5 Å². The summed E-state index contributed by atoms with van der Waals surface area (Å²) in [4.78, 5) is 29.6. The summed E-state index contributed by atoms with van der Waals surface area (Å²) in [6, 6.07) is 6.36. The number of carbonyl (C=O) groups is 2. The van der Waals surface area contributed by atoms with Crippen molar-refractivity contribution < 1.29 is 9.59 Å². The van der Waals surface area contributed by atoms with Crippen LogP contribution >= 0.6 is 0 Å². The van der Waals surface area contributed by atoms with Gasteiger partial charge in [0.15, 0.2) is 0 Å². The number of hydrogen-bond acceptors (Lipinski definition) is 3. The monoisotopic (exact) mass is 399 g/mol. The van der Waals surface area contributed by atoms with Gasteiger partial charge in [0.25, 0.3) is 0 Å². The average molecular weight is 400 g/mol. The van der Waals surface area contributed by atoms with Crippen molar-refractivity contribution in [2.45, 2.75) is 65.3 Å². The molecule has 1 aromatic rings. The van der Waals surface area contributed by atoms with Crippen LogP contribution in [0, 0.1) is 19.8 Å². The number of likely N-dealkylation sites (tertiary alicyclic amines) is 2. The standard InChI is InChI=1S/C24H37N3O2/c1-18-8-9-22(16-19(18)2)20(3)25-23(28)17-26-14-10-21(11-15-26)24(29)27-12-6-4-5-7-13-27/h8-9,16,20-21H,4-7,10-15,17H2,1-3H3,(H,25,28). The molecule has 2 heterocycles. The molecule has 0 aliphatic carbocycles. The minimum atomic E-state index is 0.00366. The molecule has 1 unspecified atom stereocenters. The Hall–Kier alpha value is -1.88. The molecule has 2 fully saturated rings. The van der Waals surface area contributed by atoms with Gasteiger partial charge in [-0.3, -0.25) is 14.5 Å². The van der Waals surface area contributed by atoms with Gasteiger partial charge in [-0.2, -0.15) is 0 Å². The summed E-state index contributed by atoms with van der Waals surface area (Å²) in [6.45, 7) is 10.2. The Bertz CT molecular complexity index is 702. The van der Waals surface area contributed by atoms with Gasteiger partial charge in [0.05, 0.1) is 12.6 Å². The number of amides is 2. The van der Waals surface area contributed by atoms with Crippen LogP contribution in [-0.2, 0) is 9.59 Å². The molecule has 1 N–H and O–H groups in total. The number of nitrogens with one attached hydrogen (secondary N) is 1. The average Bonchev–Trinajstić information content (AvgIpc) is 2.99. The first kappa shape index (κ1) is 21.8. The lowest BCUT2D eigenvalue weighted by Gasteiger charge is -2.33. The predicted octanol–water partition coefficient (Wildman–Crippen LogP) is 3.60. The zero-order chi connectivity index (χ0) is 20.8. The topological polar surface area (TPSA) is 52.7 Å². The Kier molecular flexibility index (Phi) is 7.70. The third-order valence-electron chi connectivity index (χ3n) is 6.63. The molecule has 2 amide bonds. The van der Waals surface area contributed by atoms with Crippen molar-refractivity contribution in [2.75, 3.05) is 32.7 Å². The fourth-order valence-electron chi connectivity index (χ4n) is 4.49. The van der Waals surface area contributed by atoms with Crippen LogP contribution in [0.5, 0.6) is 0 Å². The van der Waals surface area contributed by atoms with Crippen molar-refractivity contribution in [3.05, 3.63) is 34.9 Å². The van der Waals surface area contributed by atoms with E-state index in [1.807, 2.05) is 6.92 Å². The molecule has 3 rings (SSSR count). The second-order valence-electron chi connectivity index (χ2n) is 8.92. The molecule has 5 nitrogen and oxygen atoms in total. The summed E-state index contributed by atoms with van der Waals surface area (Å²) in [5.74, 6) is 0.550. The molecule has 2 aliphatic heterocycles. The summed E-state index contributed by atoms with van der Waals surface area (Å²) in [5, 5.41) is 3.13. The first-order chi connectivity index (χ1) is 13.9. The molecule has 0 saturated carbocycles. The Labute approximate surface area is 175 Å². The minimum absolute atomic E-state index is 0.00366. The van der Waals surface area contributed by atoms with E-state index in [1.54, 1.807) is 0 Å². The Morgan fingerprint density at radius 3 is 2.28 bits per heavy atom. The van der Waals surface area contributed by atoms with Gasteiger partial charge in [-0.1, -0.05) is 31.0 Å². The molecule has 0 bridgehead atoms. The van der Waals surface area contributed by atoms with Gasteiger partial charge in [0.2, 0.25) is 11.8 Å². The van der Waals surface area contributed by atoms with E-state index >= 15 is 0 Å². The fourth-order valence-corrected chi connectivity index (χ4v) is 4.49. The summed E-state index contributed by atoms with van der Waals surface area (Å²) in [5.41, 5.74) is 3.66. The molecule has 0 aromatic heterocycles. The summed E-state index contributed by atoms with van der Waals surface area (Å²) >= 11 is 0. The van der Waals surface area contributed by atoms with Gasteiger partial charge in [-0.25, -0.2) is 0 Å². The molecule has 2 aliphatic rings. The highest BCUT2D eigenvalue weighted by Crippen LogP contribution is 2.22. The first-order valence-corrected chi connectivity index (χ1v) is 11.3. The molecule has 1 atom stereocenters. The van der Waals surface area contributed by atoms with Gasteiger partial charge in [-0.05, 0) is 76.2 Å². The maximum absolute atomic E-state index is 12.8. The molecule has 0 spiro atoms. The summed E-state index contributed by atoms with van der Waals surface area (Å²) in [7, 11) is 0. The van der Waals surface area contributed by atoms with E-state index in [9.17, 15) is 9.59 Å². The lowest BCUT2D eigenvalue weighted by Crippen LogP contribution is -2.46. The number of benzene rings is 1. The Morgan fingerprint density at radius 1 is 1.00 bits per heavy atom. The van der Waals surface area contributed by atoms with E-state index in [2.05, 4.69) is 47.2 Å². The molecule has 0 radical (unpaired) electrons. The van der Waals surface area contributed by atoms with Crippen LogP contribution in [0.15, 0.2) is 18.2 Å². The maximum atomic E-state index is 12.8. The fraction of sp³-hybridized carbons (Fsp3) is 0.667. The first-order valence-electron chi connectivity index (χ1n) is 11.3. The van der Waals surface area contributed by atoms with Crippen molar-refractivity contribution in [1.82, 2.24) is 15.1 Å². The van der Waals surface area contributed by atoms with E-state index in [4.69, 9.17) is 0 Å². The van der Waals surface area contributed by atoms with Gasteiger partial charge in [0, 0.05) is 19.0 Å². The van der Waals surface area contributed by atoms with Crippen molar-refractivity contribution in [1.29, 1.82) is 0 Å². The van der Waals surface area contributed by atoms with Gasteiger partial charge in [-0.15, -0.1) is 0 Å². The normalized spacial score (nSPS) is 20.2. The van der Waals surface area contributed by atoms with Gasteiger partial charge >= 0.3 is 0 Å². The van der Waals surface area contributed by atoms with E-state index in [0.717, 1.165) is 57.4 Å². The number of piperidine rings is 1. The zero-order valence-electron chi connectivity index (χ0n) is 18.4. The largest absolute Gasteiger partial charge is 0.348 e. The lowest BCUT2D eigenvalue weighted by molar-refractivity contribution is -0.137. The SMILES string of the molecule is Cc1ccc(C(C)NC(=O)CN2CCC(C(=O)N3CCCCCC3)CC2)cc1C. The van der Waals surface area contributed by atoms with E-state index in [-0.39, 0.29) is 17.9 Å². The van der Waals surface area contributed by atoms with Crippen molar-refractivity contribution in [3.63, 3.8) is 0 Å². The number of carbonyl (C=O) groups excluding carboxylic acids is 2. The second-order valence-corrected chi connectivity index (χ2v) is 8.92. The molecule has 5 heteroatoms. The molecule has 1 aromatic carbocycles. The van der Waals surface area contributed by atoms with Gasteiger partial charge < -0.3 is 10.2 Å². The van der Waals surface area contributed by atoms with E-state index in [1.165, 1.54) is 24.0 Å². The minimum Gasteiger partial charge on any atom is -0.348 e. The second kappa shape index (κ2) is 10.2. The maximum Gasteiger partial charge on any atom is 0.234 e. The molecule has 2 saturated heterocycles. The number of aryl methyl sites for hydroxylation is 2. The lowest BCUT2D eigenvalue weighted by atomic mass is 9.95. The highest BCUT2D eigenvalue weighted by atomic mass is 16.2. The van der Waals surface area contributed by atoms with Crippen LogP contribution in [0.1, 0.15) is 68.2 Å². The van der Waals surface area contributed by atoms with Crippen LogP contribution < -0.4 is 5.32 Å². The van der Waals surface area contributed by atoms with E-state index < -0.39 is 0 Å². The third kappa shape index (κ3) is 6.05. The van der Waals surface area contributed by atoms with Crippen LogP contribution in [0.2, 0.25) is 0 Å². The van der Waals surface area contributed by atoms with Crippen LogP contribution in [0.3, 0.4) is 0 Å². The van der Waals surface area contributed by atoms with Crippen LogP contribution in [0.4, 0.5) is 0 Å². The van der Waals surface area contributed by atoms with Gasteiger partial charge in [0.1, 0.15) is 0 Å². The smallest absolute Gasteiger partial charge is 0.234 e. The van der Waals surface area contributed by atoms with Crippen LogP contribution in [0.25, 0.3) is 0 Å². The van der Waals surface area contributed by atoms with Crippen molar-refractivity contribution in [3.8, 4) is 0 Å². The molecule has 29 heavy (non-hydrogen) atoms. The van der Waals surface area contributed by atoms with Crippen molar-refractivity contribution in [2.24, 2.45) is 5.92 Å². The number of hydrogen-bond donors (Lipinski definition) is 1. The number of nitrogens with zero attached hydrogens (tertiary/aromatic N) is 2. The summed E-state index contributed by atoms with van der Waals surface area (Å²) < 4.78 is 0. The zero-order valence-corrected chi connectivity index (χ0v) is 18.4. The Morgan fingerprint density at radius 2 is 1.66 bits per heavy atom. The van der Waals surface area contributed by atoms with Crippen molar-refractivity contribution >= 4 is 11.8 Å². The highest BCUT2D eigenvalue weighted by molar-refractivity contribution is 5.80. The summed E-state index contributed by atoms with van der Waals surface area (Å²) in [6.07, 6.45) is 6.52. The number of rotatable bonds is 5. The quantitative estimate of drug-likeness (QED) is 0.823. The molecule has 160 valence electrons. The van der Waals surface area contributed by atoms with Crippen LogP contribution in [-0.4, -0.2) is 54.3 Å². The third-order valence-corrected chi connectivity index (χ3v) is 6.63. The Balaban J connectivity index is 1.43. The highest BCUT2D eigenvalue weighted by Gasteiger charge is 2.29.